The molecule has 1 heterocycles. The number of hydrogen-bond donors (Lipinski definition) is 1. The fourth-order valence-electron chi connectivity index (χ4n) is 3.31. The molecule has 4 rings (SSSR count). The number of pyridine rings is 1. The predicted molar refractivity (Wildman–Crippen MR) is 107 cm³/mol. The molecule has 0 fully saturated rings. The van der Waals surface area contributed by atoms with Crippen molar-refractivity contribution in [3.05, 3.63) is 83.4 Å². The first-order valence-electron chi connectivity index (χ1n) is 9.55. The van der Waals surface area contributed by atoms with E-state index in [9.17, 15) is 9.18 Å². The third kappa shape index (κ3) is 4.90. The van der Waals surface area contributed by atoms with Crippen molar-refractivity contribution in [3.63, 3.8) is 0 Å². The second-order valence-electron chi connectivity index (χ2n) is 6.91. The van der Waals surface area contributed by atoms with Gasteiger partial charge in [-0.3, -0.25) is 9.78 Å². The first-order valence-corrected chi connectivity index (χ1v) is 9.55. The summed E-state index contributed by atoms with van der Waals surface area (Å²) in [6, 6.07) is 13.9. The number of nitrogens with one attached hydrogen (secondary N) is 1. The topological polar surface area (TPSA) is 60.5 Å². The number of aryl methyl sites for hydroxylation is 2. The van der Waals surface area contributed by atoms with Gasteiger partial charge in [0.05, 0.1) is 6.20 Å². The molecule has 0 unspecified atom stereocenters. The molecule has 0 radical (unpaired) electrons. The Hall–Kier alpha value is -3.41. The number of fused-ring (bicyclic) bond motifs is 1. The van der Waals surface area contributed by atoms with Crippen LogP contribution in [0.3, 0.4) is 0 Å². The van der Waals surface area contributed by atoms with Crippen LogP contribution < -0.4 is 14.8 Å². The number of hydrogen-bond acceptors (Lipinski definition) is 4. The Morgan fingerprint density at radius 2 is 1.97 bits per heavy atom. The molecule has 1 aliphatic rings. The Balaban J connectivity index is 1.27. The second kappa shape index (κ2) is 8.73. The van der Waals surface area contributed by atoms with E-state index in [2.05, 4.69) is 16.4 Å². The maximum Gasteiger partial charge on any atom is 0.258 e. The highest BCUT2D eigenvalue weighted by atomic mass is 19.1. The van der Waals surface area contributed by atoms with Crippen LogP contribution in [-0.4, -0.2) is 17.5 Å². The van der Waals surface area contributed by atoms with Crippen LogP contribution in [0.5, 0.6) is 17.2 Å². The van der Waals surface area contributed by atoms with Gasteiger partial charge in [0, 0.05) is 12.7 Å². The Bertz CT molecular complexity index is 1010. The second-order valence-corrected chi connectivity index (χ2v) is 6.91. The van der Waals surface area contributed by atoms with Crippen molar-refractivity contribution in [3.8, 4) is 17.2 Å². The van der Waals surface area contributed by atoms with Crippen molar-refractivity contribution >= 4 is 5.91 Å². The van der Waals surface area contributed by atoms with Gasteiger partial charge < -0.3 is 14.8 Å². The third-order valence-electron chi connectivity index (χ3n) is 4.79. The molecule has 2 aromatic carbocycles. The number of aromatic nitrogens is 1. The molecular weight excluding hydrogens is 371 g/mol. The van der Waals surface area contributed by atoms with E-state index < -0.39 is 5.82 Å². The maximum atomic E-state index is 14.3. The molecule has 29 heavy (non-hydrogen) atoms. The van der Waals surface area contributed by atoms with Gasteiger partial charge in [-0.2, -0.15) is 0 Å². The molecule has 0 bridgehead atoms. The zero-order valence-corrected chi connectivity index (χ0v) is 15.9. The summed E-state index contributed by atoms with van der Waals surface area (Å²) in [7, 11) is 0. The molecule has 1 aromatic heterocycles. The fourth-order valence-corrected chi connectivity index (χ4v) is 3.31. The van der Waals surface area contributed by atoms with Gasteiger partial charge in [-0.1, -0.05) is 12.1 Å². The van der Waals surface area contributed by atoms with Crippen molar-refractivity contribution in [2.24, 2.45) is 0 Å². The number of carbonyl (C=O) groups is 1. The van der Waals surface area contributed by atoms with Crippen LogP contribution in [0.2, 0.25) is 0 Å². The van der Waals surface area contributed by atoms with Crippen LogP contribution in [0.25, 0.3) is 0 Å². The van der Waals surface area contributed by atoms with Crippen LogP contribution in [0.1, 0.15) is 23.1 Å². The normalized spacial score (nSPS) is 12.3. The predicted octanol–water partition coefficient (Wildman–Crippen LogP) is 4.20. The van der Waals surface area contributed by atoms with Crippen molar-refractivity contribution in [1.82, 2.24) is 10.3 Å². The molecule has 6 heteroatoms. The largest absolute Gasteiger partial charge is 0.484 e. The molecule has 3 aromatic rings. The van der Waals surface area contributed by atoms with Crippen LogP contribution >= 0.6 is 0 Å². The molecule has 0 spiro atoms. The zero-order chi connectivity index (χ0) is 20.1. The van der Waals surface area contributed by atoms with Gasteiger partial charge in [0.15, 0.2) is 18.2 Å². The lowest BCUT2D eigenvalue weighted by Crippen LogP contribution is -2.28. The summed E-state index contributed by atoms with van der Waals surface area (Å²) >= 11 is 0. The van der Waals surface area contributed by atoms with E-state index in [4.69, 9.17) is 9.47 Å². The SMILES string of the molecule is O=C(COc1ccc2c(c1)CCC2)NCc1ccc(Oc2cccnc2)c(F)c1. The van der Waals surface area contributed by atoms with Gasteiger partial charge in [0.2, 0.25) is 0 Å². The summed E-state index contributed by atoms with van der Waals surface area (Å²) in [5, 5.41) is 2.74. The summed E-state index contributed by atoms with van der Waals surface area (Å²) in [5.74, 6) is 0.490. The van der Waals surface area contributed by atoms with Gasteiger partial charge in [-0.05, 0) is 72.4 Å². The molecule has 1 N–H and O–H groups in total. The molecule has 0 saturated carbocycles. The number of nitrogens with zero attached hydrogens (tertiary/aromatic N) is 1. The highest BCUT2D eigenvalue weighted by molar-refractivity contribution is 5.77. The number of ether oxygens (including phenoxy) is 2. The van der Waals surface area contributed by atoms with E-state index in [1.54, 1.807) is 24.4 Å². The molecule has 1 amide bonds. The van der Waals surface area contributed by atoms with Crippen molar-refractivity contribution in [2.75, 3.05) is 6.61 Å². The molecule has 0 aliphatic heterocycles. The fraction of sp³-hybridized carbons (Fsp3) is 0.217. The molecule has 5 nitrogen and oxygen atoms in total. The minimum Gasteiger partial charge on any atom is -0.484 e. The minimum atomic E-state index is -0.505. The summed E-state index contributed by atoms with van der Waals surface area (Å²) in [6.07, 6.45) is 6.46. The van der Waals surface area contributed by atoms with E-state index in [1.165, 1.54) is 35.9 Å². The first kappa shape index (κ1) is 18.9. The Morgan fingerprint density at radius 3 is 2.79 bits per heavy atom. The average molecular weight is 392 g/mol. The molecular formula is C23H21FN2O3. The van der Waals surface area contributed by atoms with Crippen LogP contribution in [0.15, 0.2) is 60.9 Å². The molecule has 0 atom stereocenters. The maximum absolute atomic E-state index is 14.3. The average Bonchev–Trinajstić information content (AvgIpc) is 3.21. The quantitative estimate of drug-likeness (QED) is 0.655. The lowest BCUT2D eigenvalue weighted by atomic mass is 10.1. The van der Waals surface area contributed by atoms with E-state index in [-0.39, 0.29) is 24.8 Å². The first-order chi connectivity index (χ1) is 14.2. The van der Waals surface area contributed by atoms with Crippen molar-refractivity contribution < 1.29 is 18.7 Å². The van der Waals surface area contributed by atoms with E-state index >= 15 is 0 Å². The smallest absolute Gasteiger partial charge is 0.258 e. The number of carbonyl (C=O) groups excluding carboxylic acids is 1. The molecule has 1 aliphatic carbocycles. The third-order valence-corrected chi connectivity index (χ3v) is 4.79. The monoisotopic (exact) mass is 392 g/mol. The van der Waals surface area contributed by atoms with Gasteiger partial charge in [0.25, 0.3) is 5.91 Å². The van der Waals surface area contributed by atoms with Crippen molar-refractivity contribution in [1.29, 1.82) is 0 Å². The van der Waals surface area contributed by atoms with E-state index in [1.807, 2.05) is 12.1 Å². The minimum absolute atomic E-state index is 0.0799. The highest BCUT2D eigenvalue weighted by Gasteiger charge is 2.12. The number of amides is 1. The molecule has 0 saturated heterocycles. The zero-order valence-electron chi connectivity index (χ0n) is 15.9. The number of halogens is 1. The van der Waals surface area contributed by atoms with Crippen LogP contribution in [0, 0.1) is 5.82 Å². The van der Waals surface area contributed by atoms with Gasteiger partial charge in [0.1, 0.15) is 11.5 Å². The summed E-state index contributed by atoms with van der Waals surface area (Å²) in [6.45, 7) is 0.125. The van der Waals surface area contributed by atoms with Crippen molar-refractivity contribution in [2.45, 2.75) is 25.8 Å². The lowest BCUT2D eigenvalue weighted by molar-refractivity contribution is -0.123. The summed E-state index contributed by atoms with van der Waals surface area (Å²) in [4.78, 5) is 16.0. The highest BCUT2D eigenvalue weighted by Crippen LogP contribution is 2.26. The Morgan fingerprint density at radius 1 is 1.07 bits per heavy atom. The van der Waals surface area contributed by atoms with Gasteiger partial charge in [-0.25, -0.2) is 4.39 Å². The van der Waals surface area contributed by atoms with Gasteiger partial charge in [-0.15, -0.1) is 0 Å². The summed E-state index contributed by atoms with van der Waals surface area (Å²) in [5.41, 5.74) is 3.29. The number of benzene rings is 2. The number of rotatable bonds is 7. The Labute approximate surface area is 168 Å². The van der Waals surface area contributed by atoms with Crippen LogP contribution in [0.4, 0.5) is 4.39 Å². The lowest BCUT2D eigenvalue weighted by Gasteiger charge is -2.10. The standard InChI is InChI=1S/C23H21FN2O3/c24-21-11-16(6-9-22(21)29-20-5-2-10-25-14-20)13-26-23(27)15-28-19-8-7-17-3-1-4-18(17)12-19/h2,5-12,14H,1,3-4,13,15H2,(H,26,27). The van der Waals surface area contributed by atoms with Crippen LogP contribution in [-0.2, 0) is 24.2 Å². The Kier molecular flexibility index (Phi) is 5.70. The summed E-state index contributed by atoms with van der Waals surface area (Å²) < 4.78 is 25.3. The van der Waals surface area contributed by atoms with E-state index in [0.29, 0.717) is 17.1 Å². The van der Waals surface area contributed by atoms with E-state index in [0.717, 1.165) is 12.8 Å². The molecule has 148 valence electrons. The van der Waals surface area contributed by atoms with Gasteiger partial charge >= 0.3 is 0 Å².